The van der Waals surface area contributed by atoms with Gasteiger partial charge in [0.1, 0.15) is 5.82 Å². The van der Waals surface area contributed by atoms with Crippen LogP contribution in [0.3, 0.4) is 0 Å². The summed E-state index contributed by atoms with van der Waals surface area (Å²) in [5, 5.41) is 13.5. The first kappa shape index (κ1) is 16.7. The summed E-state index contributed by atoms with van der Waals surface area (Å²) in [6, 6.07) is 14.5. The zero-order chi connectivity index (χ0) is 18.1. The zero-order valence-electron chi connectivity index (χ0n) is 13.6. The van der Waals surface area contributed by atoms with E-state index in [1.165, 1.54) is 11.8 Å². The van der Waals surface area contributed by atoms with Crippen LogP contribution in [0.15, 0.2) is 58.5 Å². The van der Waals surface area contributed by atoms with Crippen molar-refractivity contribution in [3.63, 3.8) is 0 Å². The van der Waals surface area contributed by atoms with E-state index in [4.69, 9.17) is 11.6 Å². The van der Waals surface area contributed by atoms with Crippen molar-refractivity contribution in [1.82, 2.24) is 30.2 Å². The zero-order valence-corrected chi connectivity index (χ0v) is 15.2. The highest BCUT2D eigenvalue weighted by Crippen LogP contribution is 2.32. The standard InChI is InChI=1S/C17H13ClN6OS/c1-10(15-19-14-5-3-2-4-13(14)16(25)20-15)26-17-21-22-23-24(17)12-8-6-11(18)7-9-12/h2-10H,1H3,(H,19,20,25)/t10-/m0/s1. The molecule has 130 valence electrons. The van der Waals surface area contributed by atoms with Gasteiger partial charge in [-0.3, -0.25) is 4.79 Å². The maximum atomic E-state index is 12.3. The van der Waals surface area contributed by atoms with E-state index in [1.54, 1.807) is 22.9 Å². The smallest absolute Gasteiger partial charge is 0.258 e. The highest BCUT2D eigenvalue weighted by atomic mass is 35.5. The van der Waals surface area contributed by atoms with Crippen molar-refractivity contribution in [3.8, 4) is 5.69 Å². The summed E-state index contributed by atoms with van der Waals surface area (Å²) in [5.41, 5.74) is 1.31. The molecule has 26 heavy (non-hydrogen) atoms. The lowest BCUT2D eigenvalue weighted by Gasteiger charge is -2.11. The van der Waals surface area contributed by atoms with E-state index in [1.807, 2.05) is 37.3 Å². The number of thioether (sulfide) groups is 1. The van der Waals surface area contributed by atoms with Crippen molar-refractivity contribution in [2.75, 3.05) is 0 Å². The molecule has 0 fully saturated rings. The molecule has 2 aromatic heterocycles. The van der Waals surface area contributed by atoms with Gasteiger partial charge in [-0.15, -0.1) is 5.10 Å². The Morgan fingerprint density at radius 2 is 1.92 bits per heavy atom. The Balaban J connectivity index is 1.65. The summed E-state index contributed by atoms with van der Waals surface area (Å²) in [4.78, 5) is 19.7. The molecule has 0 spiro atoms. The Hall–Kier alpha value is -2.71. The van der Waals surface area contributed by atoms with Gasteiger partial charge < -0.3 is 4.98 Å². The third kappa shape index (κ3) is 3.21. The van der Waals surface area contributed by atoms with Crippen LogP contribution in [0.25, 0.3) is 16.6 Å². The van der Waals surface area contributed by atoms with Gasteiger partial charge in [-0.1, -0.05) is 35.5 Å². The van der Waals surface area contributed by atoms with Crippen LogP contribution in [0.1, 0.15) is 18.0 Å². The Bertz CT molecular complexity index is 1120. The van der Waals surface area contributed by atoms with Crippen LogP contribution in [-0.4, -0.2) is 30.2 Å². The monoisotopic (exact) mass is 384 g/mol. The number of nitrogens with one attached hydrogen (secondary N) is 1. The van der Waals surface area contributed by atoms with Crippen molar-refractivity contribution >= 4 is 34.3 Å². The Labute approximate surface area is 157 Å². The van der Waals surface area contributed by atoms with Gasteiger partial charge in [-0.05, 0) is 53.7 Å². The Morgan fingerprint density at radius 1 is 1.15 bits per heavy atom. The lowest BCUT2D eigenvalue weighted by atomic mass is 10.2. The summed E-state index contributed by atoms with van der Waals surface area (Å²) >= 11 is 7.34. The first-order valence-corrected chi connectivity index (χ1v) is 9.07. The highest BCUT2D eigenvalue weighted by molar-refractivity contribution is 7.99. The van der Waals surface area contributed by atoms with E-state index in [2.05, 4.69) is 25.5 Å². The number of H-pyrrole nitrogens is 1. The van der Waals surface area contributed by atoms with Gasteiger partial charge in [0.15, 0.2) is 0 Å². The van der Waals surface area contributed by atoms with Crippen LogP contribution in [0.4, 0.5) is 0 Å². The molecule has 4 rings (SSSR count). The fourth-order valence-corrected chi connectivity index (χ4v) is 3.50. The average Bonchev–Trinajstić information content (AvgIpc) is 3.10. The number of tetrazole rings is 1. The lowest BCUT2D eigenvalue weighted by molar-refractivity contribution is 0.754. The molecular formula is C17H13ClN6OS. The molecule has 9 heteroatoms. The molecule has 7 nitrogen and oxygen atoms in total. The molecule has 0 aliphatic rings. The third-order valence-corrected chi connectivity index (χ3v) is 5.10. The number of aromatic amines is 1. The Morgan fingerprint density at radius 3 is 2.73 bits per heavy atom. The number of para-hydroxylation sites is 1. The minimum Gasteiger partial charge on any atom is -0.309 e. The van der Waals surface area contributed by atoms with E-state index >= 15 is 0 Å². The fraction of sp³-hybridized carbons (Fsp3) is 0.118. The van der Waals surface area contributed by atoms with Gasteiger partial charge in [0.2, 0.25) is 5.16 Å². The number of nitrogens with zero attached hydrogens (tertiary/aromatic N) is 5. The van der Waals surface area contributed by atoms with E-state index in [0.29, 0.717) is 26.9 Å². The number of benzene rings is 2. The number of rotatable bonds is 4. The molecule has 4 aromatic rings. The van der Waals surface area contributed by atoms with Crippen molar-refractivity contribution in [2.45, 2.75) is 17.3 Å². The molecular weight excluding hydrogens is 372 g/mol. The normalized spacial score (nSPS) is 12.4. The van der Waals surface area contributed by atoms with Crippen molar-refractivity contribution in [1.29, 1.82) is 0 Å². The molecule has 0 aliphatic heterocycles. The van der Waals surface area contributed by atoms with Crippen LogP contribution in [0.5, 0.6) is 0 Å². The molecule has 0 radical (unpaired) electrons. The van der Waals surface area contributed by atoms with Crippen LogP contribution in [0.2, 0.25) is 5.02 Å². The van der Waals surface area contributed by atoms with Gasteiger partial charge in [-0.25, -0.2) is 4.98 Å². The fourth-order valence-electron chi connectivity index (χ4n) is 2.51. The van der Waals surface area contributed by atoms with Gasteiger partial charge in [0.25, 0.3) is 5.56 Å². The SMILES string of the molecule is C[C@H](Sc1nnnn1-c1ccc(Cl)cc1)c1nc2ccccc2c(=O)[nH]1. The van der Waals surface area contributed by atoms with E-state index in [0.717, 1.165) is 5.69 Å². The first-order chi connectivity index (χ1) is 12.6. The molecule has 2 heterocycles. The van der Waals surface area contributed by atoms with Gasteiger partial charge >= 0.3 is 0 Å². The summed E-state index contributed by atoms with van der Waals surface area (Å²) in [5.74, 6) is 0.573. The highest BCUT2D eigenvalue weighted by Gasteiger charge is 2.17. The number of aromatic nitrogens is 6. The van der Waals surface area contributed by atoms with Gasteiger partial charge in [0, 0.05) is 5.02 Å². The lowest BCUT2D eigenvalue weighted by Crippen LogP contribution is -2.13. The molecule has 1 N–H and O–H groups in total. The predicted molar refractivity (Wildman–Crippen MR) is 101 cm³/mol. The van der Waals surface area contributed by atoms with Crippen molar-refractivity contribution in [3.05, 3.63) is 69.7 Å². The van der Waals surface area contributed by atoms with Gasteiger partial charge in [-0.2, -0.15) is 4.68 Å². The second-order valence-corrected chi connectivity index (χ2v) is 7.32. The minimum atomic E-state index is -0.157. The van der Waals surface area contributed by atoms with Crippen LogP contribution in [-0.2, 0) is 0 Å². The summed E-state index contributed by atoms with van der Waals surface area (Å²) in [6.45, 7) is 1.94. The average molecular weight is 385 g/mol. The molecule has 0 saturated carbocycles. The second-order valence-electron chi connectivity index (χ2n) is 5.58. The maximum Gasteiger partial charge on any atom is 0.258 e. The molecule has 0 amide bonds. The molecule has 1 atom stereocenters. The van der Waals surface area contributed by atoms with Crippen LogP contribution in [0, 0.1) is 0 Å². The van der Waals surface area contributed by atoms with Gasteiger partial charge in [0.05, 0.1) is 21.8 Å². The first-order valence-electron chi connectivity index (χ1n) is 7.82. The van der Waals surface area contributed by atoms with E-state index in [9.17, 15) is 4.79 Å². The maximum absolute atomic E-state index is 12.3. The summed E-state index contributed by atoms with van der Waals surface area (Å²) in [6.07, 6.45) is 0. The molecule has 2 aromatic carbocycles. The molecule has 0 saturated heterocycles. The second kappa shape index (κ2) is 6.89. The molecule has 0 bridgehead atoms. The van der Waals surface area contributed by atoms with E-state index < -0.39 is 0 Å². The number of hydrogen-bond acceptors (Lipinski definition) is 6. The Kier molecular flexibility index (Phi) is 4.44. The van der Waals surface area contributed by atoms with Crippen LogP contribution < -0.4 is 5.56 Å². The molecule has 0 unspecified atom stereocenters. The largest absolute Gasteiger partial charge is 0.309 e. The molecule has 0 aliphatic carbocycles. The summed E-state index contributed by atoms with van der Waals surface area (Å²) < 4.78 is 1.62. The van der Waals surface area contributed by atoms with Crippen LogP contribution >= 0.6 is 23.4 Å². The minimum absolute atomic E-state index is 0.149. The number of fused-ring (bicyclic) bond motifs is 1. The number of halogens is 1. The quantitative estimate of drug-likeness (QED) is 0.542. The van der Waals surface area contributed by atoms with E-state index in [-0.39, 0.29) is 10.8 Å². The summed E-state index contributed by atoms with van der Waals surface area (Å²) in [7, 11) is 0. The van der Waals surface area contributed by atoms with Crippen molar-refractivity contribution < 1.29 is 0 Å². The van der Waals surface area contributed by atoms with Crippen molar-refractivity contribution in [2.24, 2.45) is 0 Å². The number of hydrogen-bond donors (Lipinski definition) is 1. The topological polar surface area (TPSA) is 89.3 Å². The predicted octanol–water partition coefficient (Wildman–Crippen LogP) is 3.41. The third-order valence-electron chi connectivity index (χ3n) is 3.81.